The van der Waals surface area contributed by atoms with Gasteiger partial charge in [-0.05, 0) is 37.4 Å². The molecule has 1 fully saturated rings. The van der Waals surface area contributed by atoms with Gasteiger partial charge in [-0.15, -0.1) is 5.10 Å². The van der Waals surface area contributed by atoms with Gasteiger partial charge >= 0.3 is 0 Å². The van der Waals surface area contributed by atoms with Crippen LogP contribution in [0.25, 0.3) is 11.4 Å². The predicted octanol–water partition coefficient (Wildman–Crippen LogP) is 1.35. The van der Waals surface area contributed by atoms with Crippen molar-refractivity contribution in [2.45, 2.75) is 12.8 Å². The number of benzene rings is 1. The molecule has 106 valence electrons. The van der Waals surface area contributed by atoms with Crippen molar-refractivity contribution in [2.24, 2.45) is 11.7 Å². The highest BCUT2D eigenvalue weighted by molar-refractivity contribution is 5.64. The molecule has 3 rings (SSSR count). The zero-order chi connectivity index (χ0) is 13.9. The molecule has 1 aromatic heterocycles. The van der Waals surface area contributed by atoms with Crippen LogP contribution in [0.1, 0.15) is 12.8 Å². The number of aromatic amines is 1. The summed E-state index contributed by atoms with van der Waals surface area (Å²) in [6, 6.07) is 7.11. The van der Waals surface area contributed by atoms with Crippen LogP contribution < -0.4 is 10.6 Å². The molecule has 0 spiro atoms. The first kappa shape index (κ1) is 12.9. The molecule has 20 heavy (non-hydrogen) atoms. The molecule has 1 saturated heterocycles. The third kappa shape index (κ3) is 2.46. The summed E-state index contributed by atoms with van der Waals surface area (Å²) in [5, 5.41) is 17.0. The van der Waals surface area contributed by atoms with Gasteiger partial charge in [0.05, 0.1) is 5.56 Å². The van der Waals surface area contributed by atoms with E-state index in [4.69, 9.17) is 5.73 Å². The van der Waals surface area contributed by atoms with Gasteiger partial charge in [-0.1, -0.05) is 12.1 Å². The summed E-state index contributed by atoms with van der Waals surface area (Å²) in [6.45, 7) is 2.55. The van der Waals surface area contributed by atoms with Crippen molar-refractivity contribution in [3.05, 3.63) is 24.3 Å². The van der Waals surface area contributed by atoms with Crippen molar-refractivity contribution in [2.75, 3.05) is 24.5 Å². The van der Waals surface area contributed by atoms with Crippen molar-refractivity contribution in [3.8, 4) is 17.1 Å². The van der Waals surface area contributed by atoms with Crippen molar-refractivity contribution in [1.82, 2.24) is 15.2 Å². The Labute approximate surface area is 117 Å². The fourth-order valence-corrected chi connectivity index (χ4v) is 2.63. The number of piperidine rings is 1. The summed E-state index contributed by atoms with van der Waals surface area (Å²) in [6.07, 6.45) is 2.28. The van der Waals surface area contributed by atoms with Crippen LogP contribution in [0.15, 0.2) is 24.3 Å². The molecule has 0 aliphatic carbocycles. The number of aromatic hydroxyl groups is 1. The molecule has 1 unspecified atom stereocenters. The van der Waals surface area contributed by atoms with Crippen molar-refractivity contribution in [1.29, 1.82) is 0 Å². The summed E-state index contributed by atoms with van der Waals surface area (Å²) in [5.41, 5.74) is 6.42. The van der Waals surface area contributed by atoms with E-state index in [0.717, 1.165) is 19.5 Å². The number of nitrogens with one attached hydrogen (secondary N) is 1. The molecule has 0 saturated carbocycles. The molecule has 0 amide bonds. The second-order valence-electron chi connectivity index (χ2n) is 5.19. The number of hydrogen-bond acceptors (Lipinski definition) is 5. The van der Waals surface area contributed by atoms with Crippen molar-refractivity contribution in [3.63, 3.8) is 0 Å². The van der Waals surface area contributed by atoms with Crippen LogP contribution in [-0.2, 0) is 0 Å². The first-order valence-electron chi connectivity index (χ1n) is 6.93. The van der Waals surface area contributed by atoms with Gasteiger partial charge in [-0.25, -0.2) is 0 Å². The lowest BCUT2D eigenvalue weighted by molar-refractivity contribution is 0.420. The molecule has 4 N–H and O–H groups in total. The van der Waals surface area contributed by atoms with E-state index in [0.29, 0.717) is 29.8 Å². The maximum atomic E-state index is 9.85. The van der Waals surface area contributed by atoms with Crippen LogP contribution in [0.3, 0.4) is 0 Å². The lowest BCUT2D eigenvalue weighted by Gasteiger charge is -2.31. The molecule has 1 aliphatic rings. The van der Waals surface area contributed by atoms with E-state index in [-0.39, 0.29) is 5.75 Å². The smallest absolute Gasteiger partial charge is 0.245 e. The normalized spacial score (nSPS) is 19.2. The Morgan fingerprint density at radius 2 is 2.25 bits per heavy atom. The van der Waals surface area contributed by atoms with E-state index >= 15 is 0 Å². The zero-order valence-corrected chi connectivity index (χ0v) is 11.3. The number of nitrogens with zero attached hydrogens (tertiary/aromatic N) is 3. The van der Waals surface area contributed by atoms with Crippen LogP contribution in [0, 0.1) is 5.92 Å². The summed E-state index contributed by atoms with van der Waals surface area (Å²) in [7, 11) is 0. The van der Waals surface area contributed by atoms with Crippen LogP contribution >= 0.6 is 0 Å². The molecule has 6 heteroatoms. The Morgan fingerprint density at radius 1 is 1.40 bits per heavy atom. The number of phenols is 1. The standard InChI is InChI=1S/C14H19N5O/c15-8-10-4-3-7-19(9-10)14-16-13(17-18-14)11-5-1-2-6-12(11)20/h1-2,5-6,10,20H,3-4,7-9,15H2,(H,16,17,18). The van der Waals surface area contributed by atoms with Gasteiger partial charge in [0, 0.05) is 13.1 Å². The first-order valence-corrected chi connectivity index (χ1v) is 6.93. The first-order chi connectivity index (χ1) is 9.78. The van der Waals surface area contributed by atoms with Crippen molar-refractivity contribution < 1.29 is 5.11 Å². The topological polar surface area (TPSA) is 91.1 Å². The van der Waals surface area contributed by atoms with E-state index in [1.165, 1.54) is 6.42 Å². The lowest BCUT2D eigenvalue weighted by atomic mass is 9.99. The molecule has 2 heterocycles. The second-order valence-corrected chi connectivity index (χ2v) is 5.19. The molecular formula is C14H19N5O. The molecule has 1 atom stereocenters. The van der Waals surface area contributed by atoms with Crippen molar-refractivity contribution >= 4 is 5.95 Å². The average Bonchev–Trinajstić information content (AvgIpc) is 2.97. The van der Waals surface area contributed by atoms with E-state index in [1.54, 1.807) is 12.1 Å². The summed E-state index contributed by atoms with van der Waals surface area (Å²) in [4.78, 5) is 6.65. The van der Waals surface area contributed by atoms with Gasteiger partial charge < -0.3 is 15.7 Å². The number of para-hydroxylation sites is 1. The Morgan fingerprint density at radius 3 is 3.05 bits per heavy atom. The van der Waals surface area contributed by atoms with Crippen LogP contribution in [0.5, 0.6) is 5.75 Å². The van der Waals surface area contributed by atoms with Gasteiger partial charge in [0.2, 0.25) is 5.95 Å². The molecular weight excluding hydrogens is 254 g/mol. The minimum absolute atomic E-state index is 0.202. The minimum Gasteiger partial charge on any atom is -0.507 e. The maximum Gasteiger partial charge on any atom is 0.245 e. The minimum atomic E-state index is 0.202. The fourth-order valence-electron chi connectivity index (χ4n) is 2.63. The largest absolute Gasteiger partial charge is 0.507 e. The number of rotatable bonds is 3. The maximum absolute atomic E-state index is 9.85. The Balaban J connectivity index is 1.82. The van der Waals surface area contributed by atoms with E-state index in [2.05, 4.69) is 20.1 Å². The average molecular weight is 273 g/mol. The number of H-pyrrole nitrogens is 1. The number of aromatic nitrogens is 3. The van der Waals surface area contributed by atoms with Gasteiger partial charge in [0.25, 0.3) is 0 Å². The quantitative estimate of drug-likeness (QED) is 0.785. The van der Waals surface area contributed by atoms with Crippen LogP contribution in [0.2, 0.25) is 0 Å². The van der Waals surface area contributed by atoms with Crippen LogP contribution in [0.4, 0.5) is 5.95 Å². The number of hydrogen-bond donors (Lipinski definition) is 3. The predicted molar refractivity (Wildman–Crippen MR) is 77.5 cm³/mol. The van der Waals surface area contributed by atoms with E-state index < -0.39 is 0 Å². The highest BCUT2D eigenvalue weighted by Gasteiger charge is 2.22. The highest BCUT2D eigenvalue weighted by Crippen LogP contribution is 2.27. The molecule has 0 bridgehead atoms. The number of anilines is 1. The van der Waals surface area contributed by atoms with Gasteiger partial charge in [0.1, 0.15) is 5.75 Å². The third-order valence-corrected chi connectivity index (χ3v) is 3.77. The molecule has 2 aromatic rings. The van der Waals surface area contributed by atoms with E-state index in [1.807, 2.05) is 12.1 Å². The zero-order valence-electron chi connectivity index (χ0n) is 11.3. The highest BCUT2D eigenvalue weighted by atomic mass is 16.3. The Kier molecular flexibility index (Phi) is 3.56. The SMILES string of the molecule is NCC1CCCN(c2n[nH]c(-c3ccccc3O)n2)C1. The van der Waals surface area contributed by atoms with Crippen LogP contribution in [-0.4, -0.2) is 39.9 Å². The monoisotopic (exact) mass is 273 g/mol. The van der Waals surface area contributed by atoms with Gasteiger partial charge in [0.15, 0.2) is 5.82 Å². The summed E-state index contributed by atoms with van der Waals surface area (Å²) >= 11 is 0. The molecule has 1 aromatic carbocycles. The molecule has 1 aliphatic heterocycles. The summed E-state index contributed by atoms with van der Waals surface area (Å²) < 4.78 is 0. The molecule has 6 nitrogen and oxygen atoms in total. The second kappa shape index (κ2) is 5.50. The Hall–Kier alpha value is -2.08. The van der Waals surface area contributed by atoms with E-state index in [9.17, 15) is 5.11 Å². The third-order valence-electron chi connectivity index (χ3n) is 3.77. The Bertz CT molecular complexity index is 582. The number of nitrogens with two attached hydrogens (primary N) is 1. The summed E-state index contributed by atoms with van der Waals surface area (Å²) in [5.74, 6) is 1.99. The molecule has 0 radical (unpaired) electrons. The fraction of sp³-hybridized carbons (Fsp3) is 0.429. The number of phenolic OH excluding ortho intramolecular Hbond substituents is 1. The van der Waals surface area contributed by atoms with Gasteiger partial charge in [-0.3, -0.25) is 5.10 Å². The lowest BCUT2D eigenvalue weighted by Crippen LogP contribution is -2.38. The van der Waals surface area contributed by atoms with Gasteiger partial charge in [-0.2, -0.15) is 4.98 Å².